The molecule has 0 aliphatic rings. The molecule has 0 spiro atoms. The van der Waals surface area contributed by atoms with Gasteiger partial charge in [0.05, 0.1) is 11.4 Å². The quantitative estimate of drug-likeness (QED) is 0.699. The predicted molar refractivity (Wildman–Crippen MR) is 103 cm³/mol. The van der Waals surface area contributed by atoms with Crippen molar-refractivity contribution in [3.05, 3.63) is 75.1 Å². The molecule has 0 aliphatic heterocycles. The standard InChI is InChI=1S/C18H17BrN4O2/c1-12-16(21-18(25)20-14-8-6-7-13(19)11-14)17(24)23(22(12)2)15-9-4-3-5-10-15/h3-11H,1-2H3,(H2,20,21,25). The number of rotatable bonds is 3. The van der Waals surface area contributed by atoms with Crippen LogP contribution in [0.4, 0.5) is 16.2 Å². The number of amides is 2. The molecule has 2 aromatic carbocycles. The maximum absolute atomic E-state index is 12.7. The highest BCUT2D eigenvalue weighted by atomic mass is 79.9. The average molecular weight is 401 g/mol. The summed E-state index contributed by atoms with van der Waals surface area (Å²) in [6, 6.07) is 16.0. The molecular weight excluding hydrogens is 384 g/mol. The lowest BCUT2D eigenvalue weighted by Crippen LogP contribution is -2.25. The second-order valence-electron chi connectivity index (χ2n) is 5.53. The van der Waals surface area contributed by atoms with Crippen LogP contribution in [0.15, 0.2) is 63.9 Å². The lowest BCUT2D eigenvalue weighted by atomic mass is 10.3. The van der Waals surface area contributed by atoms with Gasteiger partial charge in [0.1, 0.15) is 5.69 Å². The van der Waals surface area contributed by atoms with Gasteiger partial charge < -0.3 is 10.6 Å². The molecule has 7 heteroatoms. The Morgan fingerprint density at radius 1 is 1.04 bits per heavy atom. The van der Waals surface area contributed by atoms with Gasteiger partial charge in [0.15, 0.2) is 0 Å². The molecule has 0 radical (unpaired) electrons. The van der Waals surface area contributed by atoms with Gasteiger partial charge in [-0.2, -0.15) is 0 Å². The molecule has 0 bridgehead atoms. The summed E-state index contributed by atoms with van der Waals surface area (Å²) in [6.45, 7) is 1.79. The van der Waals surface area contributed by atoms with Gasteiger partial charge in [-0.25, -0.2) is 9.48 Å². The second-order valence-corrected chi connectivity index (χ2v) is 6.44. The average Bonchev–Trinajstić information content (AvgIpc) is 2.79. The third-order valence-electron chi connectivity index (χ3n) is 3.88. The van der Waals surface area contributed by atoms with Crippen molar-refractivity contribution < 1.29 is 4.79 Å². The van der Waals surface area contributed by atoms with Gasteiger partial charge in [-0.05, 0) is 37.3 Å². The van der Waals surface area contributed by atoms with Crippen molar-refractivity contribution in [2.45, 2.75) is 6.92 Å². The summed E-state index contributed by atoms with van der Waals surface area (Å²) in [6.07, 6.45) is 0. The van der Waals surface area contributed by atoms with Crippen LogP contribution in [0.2, 0.25) is 0 Å². The van der Waals surface area contributed by atoms with E-state index in [9.17, 15) is 9.59 Å². The Kier molecular flexibility index (Phi) is 4.76. The maximum atomic E-state index is 12.7. The summed E-state index contributed by atoms with van der Waals surface area (Å²) in [5.41, 5.74) is 2.00. The van der Waals surface area contributed by atoms with E-state index in [1.165, 1.54) is 4.68 Å². The van der Waals surface area contributed by atoms with E-state index in [-0.39, 0.29) is 11.2 Å². The minimum atomic E-state index is -0.468. The molecule has 0 aliphatic carbocycles. The Morgan fingerprint density at radius 2 is 1.76 bits per heavy atom. The summed E-state index contributed by atoms with van der Waals surface area (Å²) >= 11 is 3.35. The highest BCUT2D eigenvalue weighted by molar-refractivity contribution is 9.10. The lowest BCUT2D eigenvalue weighted by Gasteiger charge is -2.07. The zero-order chi connectivity index (χ0) is 18.0. The Labute approximate surface area is 153 Å². The van der Waals surface area contributed by atoms with Gasteiger partial charge in [0.2, 0.25) is 0 Å². The molecule has 6 nitrogen and oxygen atoms in total. The number of nitrogens with one attached hydrogen (secondary N) is 2. The molecular formula is C18H17BrN4O2. The highest BCUT2D eigenvalue weighted by Gasteiger charge is 2.18. The Morgan fingerprint density at radius 3 is 2.44 bits per heavy atom. The number of halogens is 1. The molecule has 3 aromatic rings. The highest BCUT2D eigenvalue weighted by Crippen LogP contribution is 2.17. The minimum absolute atomic E-state index is 0.249. The molecule has 1 heterocycles. The molecule has 0 atom stereocenters. The number of carbonyl (C=O) groups is 1. The molecule has 0 saturated carbocycles. The number of aromatic nitrogens is 2. The lowest BCUT2D eigenvalue weighted by molar-refractivity contribution is 0.262. The third kappa shape index (κ3) is 3.51. The Bertz CT molecular complexity index is 976. The van der Waals surface area contributed by atoms with Crippen molar-refractivity contribution in [3.8, 4) is 5.69 Å². The summed E-state index contributed by atoms with van der Waals surface area (Å²) in [7, 11) is 1.78. The van der Waals surface area contributed by atoms with Crippen molar-refractivity contribution in [1.29, 1.82) is 0 Å². The molecule has 2 N–H and O–H groups in total. The van der Waals surface area contributed by atoms with Gasteiger partial charge >= 0.3 is 6.03 Å². The summed E-state index contributed by atoms with van der Waals surface area (Å²) in [5, 5.41) is 5.37. The first kappa shape index (κ1) is 17.0. The van der Waals surface area contributed by atoms with Crippen LogP contribution in [0.3, 0.4) is 0 Å². The van der Waals surface area contributed by atoms with Crippen LogP contribution in [-0.2, 0) is 7.05 Å². The van der Waals surface area contributed by atoms with Gasteiger partial charge in [-0.3, -0.25) is 9.48 Å². The minimum Gasteiger partial charge on any atom is -0.308 e. The molecule has 25 heavy (non-hydrogen) atoms. The maximum Gasteiger partial charge on any atom is 0.323 e. The normalized spacial score (nSPS) is 10.5. The Hall–Kier alpha value is -2.80. The molecule has 3 rings (SSSR count). The van der Waals surface area contributed by atoms with Crippen LogP contribution in [0.5, 0.6) is 0 Å². The van der Waals surface area contributed by atoms with Gasteiger partial charge in [0, 0.05) is 17.2 Å². The smallest absolute Gasteiger partial charge is 0.308 e. The number of benzene rings is 2. The second kappa shape index (κ2) is 6.98. The van der Waals surface area contributed by atoms with E-state index < -0.39 is 6.03 Å². The first-order valence-electron chi connectivity index (χ1n) is 7.65. The number of anilines is 2. The van der Waals surface area contributed by atoms with E-state index in [0.29, 0.717) is 11.4 Å². The molecule has 0 saturated heterocycles. The van der Waals surface area contributed by atoms with E-state index in [1.807, 2.05) is 42.5 Å². The van der Waals surface area contributed by atoms with Crippen molar-refractivity contribution in [3.63, 3.8) is 0 Å². The molecule has 1 aromatic heterocycles. The zero-order valence-electron chi connectivity index (χ0n) is 13.8. The van der Waals surface area contributed by atoms with E-state index in [1.54, 1.807) is 30.8 Å². The van der Waals surface area contributed by atoms with E-state index in [4.69, 9.17) is 0 Å². The first-order chi connectivity index (χ1) is 12.0. The largest absolute Gasteiger partial charge is 0.323 e. The molecule has 0 fully saturated rings. The van der Waals surface area contributed by atoms with Crippen molar-refractivity contribution in [2.24, 2.45) is 7.05 Å². The fourth-order valence-electron chi connectivity index (χ4n) is 2.55. The predicted octanol–water partition coefficient (Wildman–Crippen LogP) is 3.89. The molecule has 2 amide bonds. The SMILES string of the molecule is Cc1c(NC(=O)Nc2cccc(Br)c2)c(=O)n(-c2ccccc2)n1C. The number of hydrogen-bond donors (Lipinski definition) is 2. The topological polar surface area (TPSA) is 68.1 Å². The van der Waals surface area contributed by atoms with Gasteiger partial charge in [0.25, 0.3) is 5.56 Å². The van der Waals surface area contributed by atoms with Crippen LogP contribution >= 0.6 is 15.9 Å². The van der Waals surface area contributed by atoms with Crippen molar-refractivity contribution in [1.82, 2.24) is 9.36 Å². The fraction of sp³-hybridized carbons (Fsp3) is 0.111. The van der Waals surface area contributed by atoms with Crippen molar-refractivity contribution >= 4 is 33.3 Å². The number of nitrogens with zero attached hydrogens (tertiary/aromatic N) is 2. The van der Waals surface area contributed by atoms with Crippen LogP contribution < -0.4 is 16.2 Å². The van der Waals surface area contributed by atoms with Crippen LogP contribution in [0.25, 0.3) is 5.69 Å². The summed E-state index contributed by atoms with van der Waals surface area (Å²) in [4.78, 5) is 25.0. The summed E-state index contributed by atoms with van der Waals surface area (Å²) < 4.78 is 4.09. The zero-order valence-corrected chi connectivity index (χ0v) is 15.4. The monoisotopic (exact) mass is 400 g/mol. The third-order valence-corrected chi connectivity index (χ3v) is 4.37. The number of urea groups is 1. The molecule has 128 valence electrons. The van der Waals surface area contributed by atoms with Gasteiger partial charge in [-0.1, -0.05) is 40.2 Å². The van der Waals surface area contributed by atoms with Crippen molar-refractivity contribution in [2.75, 3.05) is 10.6 Å². The summed E-state index contributed by atoms with van der Waals surface area (Å²) in [5.74, 6) is 0. The number of para-hydroxylation sites is 1. The van der Waals surface area contributed by atoms with Crippen LogP contribution in [0, 0.1) is 6.92 Å². The number of hydrogen-bond acceptors (Lipinski definition) is 2. The van der Waals surface area contributed by atoms with Crippen LogP contribution in [-0.4, -0.2) is 15.4 Å². The first-order valence-corrected chi connectivity index (χ1v) is 8.44. The van der Waals surface area contributed by atoms with E-state index in [2.05, 4.69) is 26.6 Å². The van der Waals surface area contributed by atoms with E-state index in [0.717, 1.165) is 10.2 Å². The van der Waals surface area contributed by atoms with Crippen LogP contribution in [0.1, 0.15) is 5.69 Å². The van der Waals surface area contributed by atoms with E-state index >= 15 is 0 Å². The molecule has 0 unspecified atom stereocenters. The Balaban J connectivity index is 1.88. The van der Waals surface area contributed by atoms with Gasteiger partial charge in [-0.15, -0.1) is 0 Å². The number of carbonyl (C=O) groups excluding carboxylic acids is 1. The fourth-order valence-corrected chi connectivity index (χ4v) is 2.95.